The first-order valence-electron chi connectivity index (χ1n) is 8.48. The summed E-state index contributed by atoms with van der Waals surface area (Å²) in [4.78, 5) is 12.1. The van der Waals surface area contributed by atoms with Gasteiger partial charge in [-0.1, -0.05) is 51.5 Å². The molecule has 0 saturated carbocycles. The maximum Gasteiger partial charge on any atom is 0.253 e. The topological polar surface area (TPSA) is 47.6 Å². The minimum absolute atomic E-state index is 0.210. The zero-order valence-corrected chi connectivity index (χ0v) is 17.4. The van der Waals surface area contributed by atoms with E-state index in [9.17, 15) is 4.79 Å². The van der Waals surface area contributed by atoms with Gasteiger partial charge in [-0.25, -0.2) is 0 Å². The van der Waals surface area contributed by atoms with Crippen LogP contribution in [0.15, 0.2) is 40.9 Å². The van der Waals surface area contributed by atoms with E-state index in [1.807, 2.05) is 18.2 Å². The number of ether oxygens (including phenoxy) is 2. The second kappa shape index (κ2) is 8.24. The van der Waals surface area contributed by atoms with Crippen LogP contribution in [0.2, 0.25) is 5.02 Å². The van der Waals surface area contributed by atoms with Crippen LogP contribution in [-0.2, 0) is 6.42 Å². The first kappa shape index (κ1) is 19.6. The molecular formula is C21H19BrClNO3. The Morgan fingerprint density at radius 3 is 2.96 bits per heavy atom. The number of hydrogen-bond donors (Lipinski definition) is 1. The van der Waals surface area contributed by atoms with Crippen molar-refractivity contribution >= 4 is 33.4 Å². The molecule has 1 amide bonds. The molecule has 6 heteroatoms. The molecule has 0 atom stereocenters. The van der Waals surface area contributed by atoms with Gasteiger partial charge in [-0.2, -0.15) is 0 Å². The minimum atomic E-state index is -0.270. The van der Waals surface area contributed by atoms with Crippen LogP contribution in [0.5, 0.6) is 11.5 Å². The summed E-state index contributed by atoms with van der Waals surface area (Å²) in [5.41, 5.74) is 1.33. The van der Waals surface area contributed by atoms with Gasteiger partial charge >= 0.3 is 0 Å². The molecule has 1 N–H and O–H groups in total. The number of halogens is 2. The smallest absolute Gasteiger partial charge is 0.253 e. The van der Waals surface area contributed by atoms with Crippen molar-refractivity contribution in [1.29, 1.82) is 0 Å². The third kappa shape index (κ3) is 4.97. The molecule has 0 unspecified atom stereocenters. The van der Waals surface area contributed by atoms with Crippen molar-refractivity contribution in [1.82, 2.24) is 5.32 Å². The van der Waals surface area contributed by atoms with Crippen LogP contribution in [0.25, 0.3) is 0 Å². The maximum absolute atomic E-state index is 12.1. The van der Waals surface area contributed by atoms with Crippen LogP contribution in [0.4, 0.5) is 0 Å². The van der Waals surface area contributed by atoms with E-state index < -0.39 is 0 Å². The number of hydrogen-bond acceptors (Lipinski definition) is 3. The van der Waals surface area contributed by atoms with Gasteiger partial charge in [0, 0.05) is 16.5 Å². The number of carbonyl (C=O) groups is 1. The molecular weight excluding hydrogens is 430 g/mol. The van der Waals surface area contributed by atoms with E-state index in [2.05, 4.69) is 46.9 Å². The zero-order valence-electron chi connectivity index (χ0n) is 15.1. The molecule has 1 aliphatic rings. The maximum atomic E-state index is 12.1. The summed E-state index contributed by atoms with van der Waals surface area (Å²) < 4.78 is 12.5. The molecule has 0 radical (unpaired) electrons. The lowest BCUT2D eigenvalue weighted by molar-refractivity contribution is 0.0958. The molecule has 2 aromatic carbocycles. The molecule has 0 aliphatic carbocycles. The molecule has 140 valence electrons. The van der Waals surface area contributed by atoms with Crippen molar-refractivity contribution in [3.05, 3.63) is 57.0 Å². The van der Waals surface area contributed by atoms with Crippen molar-refractivity contribution in [2.24, 2.45) is 0 Å². The third-order valence-corrected chi connectivity index (χ3v) is 4.81. The predicted molar refractivity (Wildman–Crippen MR) is 110 cm³/mol. The highest BCUT2D eigenvalue weighted by Gasteiger charge is 2.32. The summed E-state index contributed by atoms with van der Waals surface area (Å²) in [6.45, 7) is 4.53. The number of rotatable bonds is 4. The average Bonchev–Trinajstić information content (AvgIpc) is 2.94. The number of fused-ring (bicyclic) bond motifs is 1. The average molecular weight is 449 g/mol. The predicted octanol–water partition coefficient (Wildman–Crippen LogP) is 4.63. The van der Waals surface area contributed by atoms with Crippen molar-refractivity contribution < 1.29 is 14.3 Å². The Balaban J connectivity index is 1.51. The van der Waals surface area contributed by atoms with E-state index in [4.69, 9.17) is 21.1 Å². The first-order valence-corrected chi connectivity index (χ1v) is 9.65. The van der Waals surface area contributed by atoms with Crippen LogP contribution in [0.1, 0.15) is 29.8 Å². The summed E-state index contributed by atoms with van der Waals surface area (Å²) in [6.07, 6.45) is 0.857. The van der Waals surface area contributed by atoms with E-state index >= 15 is 0 Å². The highest BCUT2D eigenvalue weighted by molar-refractivity contribution is 9.10. The van der Waals surface area contributed by atoms with Crippen molar-refractivity contribution in [3.63, 3.8) is 0 Å². The molecule has 0 spiro atoms. The molecule has 4 nitrogen and oxygen atoms in total. The van der Waals surface area contributed by atoms with E-state index in [0.29, 0.717) is 16.3 Å². The largest absolute Gasteiger partial charge is 0.483 e. The molecule has 0 fully saturated rings. The Morgan fingerprint density at radius 1 is 1.33 bits per heavy atom. The van der Waals surface area contributed by atoms with Gasteiger partial charge in [0.1, 0.15) is 12.2 Å². The second-order valence-electron chi connectivity index (χ2n) is 6.73. The Morgan fingerprint density at radius 2 is 2.15 bits per heavy atom. The number of benzene rings is 2. The minimum Gasteiger partial charge on any atom is -0.483 e. The highest BCUT2D eigenvalue weighted by Crippen LogP contribution is 2.41. The number of nitrogens with one attached hydrogen (secondary N) is 1. The van der Waals surface area contributed by atoms with Gasteiger partial charge in [0.2, 0.25) is 0 Å². The summed E-state index contributed by atoms with van der Waals surface area (Å²) in [5.74, 6) is 6.98. The van der Waals surface area contributed by atoms with Gasteiger partial charge in [-0.05, 0) is 38.1 Å². The molecule has 27 heavy (non-hydrogen) atoms. The highest BCUT2D eigenvalue weighted by atomic mass is 79.9. The van der Waals surface area contributed by atoms with Gasteiger partial charge in [0.25, 0.3) is 5.91 Å². The van der Waals surface area contributed by atoms with Crippen LogP contribution in [0.3, 0.4) is 0 Å². The Hall–Kier alpha value is -2.16. The quantitative estimate of drug-likeness (QED) is 0.694. The molecule has 0 saturated heterocycles. The number of carbonyl (C=O) groups excluding carboxylic acids is 1. The van der Waals surface area contributed by atoms with Gasteiger partial charge in [-0.3, -0.25) is 4.79 Å². The summed E-state index contributed by atoms with van der Waals surface area (Å²) in [5, 5.41) is 3.12. The van der Waals surface area contributed by atoms with Crippen molar-refractivity contribution in [2.45, 2.75) is 25.9 Å². The van der Waals surface area contributed by atoms with E-state index in [1.165, 1.54) is 0 Å². The standard InChI is InChI=1S/C21H19BrClNO3/c1-21(2)13-14-6-5-7-18(19(14)27-21)26-11-4-3-10-24-20(25)16-12-15(22)8-9-17(16)23/h5-9,12H,10-11,13H2,1-2H3,(H,24,25). The lowest BCUT2D eigenvalue weighted by Gasteiger charge is -2.17. The monoisotopic (exact) mass is 447 g/mol. The SMILES string of the molecule is CC1(C)Cc2cccc(OCC#CCNC(=O)c3cc(Br)ccc3Cl)c2O1. The number of amides is 1. The van der Waals surface area contributed by atoms with E-state index in [0.717, 1.165) is 22.2 Å². The molecule has 1 heterocycles. The van der Waals surface area contributed by atoms with Crippen molar-refractivity contribution in [3.8, 4) is 23.3 Å². The van der Waals surface area contributed by atoms with Crippen LogP contribution >= 0.6 is 27.5 Å². The Labute approximate surface area is 172 Å². The number of para-hydroxylation sites is 1. The van der Waals surface area contributed by atoms with E-state index in [-0.39, 0.29) is 24.7 Å². The van der Waals surface area contributed by atoms with Gasteiger partial charge in [0.05, 0.1) is 17.1 Å². The zero-order chi connectivity index (χ0) is 19.4. The molecule has 0 bridgehead atoms. The van der Waals surface area contributed by atoms with Gasteiger partial charge < -0.3 is 14.8 Å². The molecule has 1 aliphatic heterocycles. The molecule has 3 rings (SSSR count). The fraction of sp³-hybridized carbons (Fsp3) is 0.286. The summed E-state index contributed by atoms with van der Waals surface area (Å²) in [6, 6.07) is 11.0. The summed E-state index contributed by atoms with van der Waals surface area (Å²) in [7, 11) is 0. The Bertz CT molecular complexity index is 931. The van der Waals surface area contributed by atoms with Gasteiger partial charge in [-0.15, -0.1) is 0 Å². The van der Waals surface area contributed by atoms with E-state index in [1.54, 1.807) is 18.2 Å². The van der Waals surface area contributed by atoms with Crippen molar-refractivity contribution in [2.75, 3.05) is 13.2 Å². The first-order chi connectivity index (χ1) is 12.9. The van der Waals surface area contributed by atoms with Gasteiger partial charge in [0.15, 0.2) is 11.5 Å². The Kier molecular flexibility index (Phi) is 5.98. The third-order valence-electron chi connectivity index (χ3n) is 3.99. The lowest BCUT2D eigenvalue weighted by atomic mass is 10.0. The molecule has 2 aromatic rings. The van der Waals surface area contributed by atoms with Crippen LogP contribution in [-0.4, -0.2) is 24.7 Å². The fourth-order valence-electron chi connectivity index (χ4n) is 2.82. The second-order valence-corrected chi connectivity index (χ2v) is 8.05. The molecule has 0 aromatic heterocycles. The normalized spacial score (nSPS) is 13.8. The fourth-order valence-corrected chi connectivity index (χ4v) is 3.38. The lowest BCUT2D eigenvalue weighted by Crippen LogP contribution is -2.24. The summed E-state index contributed by atoms with van der Waals surface area (Å²) >= 11 is 9.36. The van der Waals surface area contributed by atoms with Crippen LogP contribution < -0.4 is 14.8 Å². The van der Waals surface area contributed by atoms with Crippen LogP contribution in [0, 0.1) is 11.8 Å².